The third-order valence-corrected chi connectivity index (χ3v) is 10.7. The molecule has 1 aliphatic rings. The highest BCUT2D eigenvalue weighted by molar-refractivity contribution is 6.30. The lowest BCUT2D eigenvalue weighted by molar-refractivity contribution is 0.271. The van der Waals surface area contributed by atoms with Crippen LogP contribution in [-0.2, 0) is 30.5 Å². The van der Waals surface area contributed by atoms with Gasteiger partial charge in [0.25, 0.3) is 0 Å². The number of rotatable bonds is 12. The van der Waals surface area contributed by atoms with Crippen molar-refractivity contribution in [3.8, 4) is 0 Å². The number of nitrogens with zero attached hydrogens (tertiary/aromatic N) is 6. The van der Waals surface area contributed by atoms with Crippen molar-refractivity contribution in [2.24, 2.45) is 0 Å². The number of benzene rings is 4. The fourth-order valence-corrected chi connectivity index (χ4v) is 8.15. The number of aliphatic hydroxyl groups is 1. The summed E-state index contributed by atoms with van der Waals surface area (Å²) in [6.45, 7) is 2.62. The van der Waals surface area contributed by atoms with Gasteiger partial charge in [0.2, 0.25) is 0 Å². The zero-order valence-electron chi connectivity index (χ0n) is 28.0. The molecular formula is C41H43ClN6O. The first-order valence-corrected chi connectivity index (χ1v) is 17.9. The Morgan fingerprint density at radius 1 is 0.776 bits per heavy atom. The summed E-state index contributed by atoms with van der Waals surface area (Å²) in [5.41, 5.74) is 5.11. The van der Waals surface area contributed by atoms with Gasteiger partial charge in [0.15, 0.2) is 11.0 Å². The minimum atomic E-state index is -0.802. The quantitative estimate of drug-likeness (QED) is 0.132. The Bertz CT molecular complexity index is 1850. The van der Waals surface area contributed by atoms with E-state index in [4.69, 9.17) is 21.9 Å². The van der Waals surface area contributed by atoms with Gasteiger partial charge in [0, 0.05) is 13.0 Å². The van der Waals surface area contributed by atoms with Crippen molar-refractivity contribution in [2.75, 3.05) is 0 Å². The first-order chi connectivity index (χ1) is 24.1. The molecule has 250 valence electrons. The SMILES string of the molecule is CCCCc1nc(Cl)c(CO)n1Cc1ccc(C2(c3nnnn3C(c3ccccc3)(c3ccccc3)c3ccccc3)CCCCC2)cc1. The number of aromatic nitrogens is 6. The molecule has 0 radical (unpaired) electrons. The number of aliphatic hydroxyl groups excluding tert-OH is 1. The van der Waals surface area contributed by atoms with Crippen LogP contribution in [-0.4, -0.2) is 34.9 Å². The smallest absolute Gasteiger partial charge is 0.163 e. The average Bonchev–Trinajstić information content (AvgIpc) is 3.77. The number of aryl methyl sites for hydroxylation is 1. The first-order valence-electron chi connectivity index (χ1n) is 17.5. The summed E-state index contributed by atoms with van der Waals surface area (Å²) in [4.78, 5) is 4.60. The second-order valence-corrected chi connectivity index (χ2v) is 13.5. The van der Waals surface area contributed by atoms with E-state index in [0.717, 1.165) is 78.8 Å². The van der Waals surface area contributed by atoms with Gasteiger partial charge in [0.1, 0.15) is 11.4 Å². The van der Waals surface area contributed by atoms with E-state index in [1.54, 1.807) is 0 Å². The highest BCUT2D eigenvalue weighted by atomic mass is 35.5. The van der Waals surface area contributed by atoms with E-state index in [-0.39, 0.29) is 12.0 Å². The van der Waals surface area contributed by atoms with Crippen LogP contribution in [0.1, 0.15) is 97.0 Å². The summed E-state index contributed by atoms with van der Waals surface area (Å²) in [7, 11) is 0. The summed E-state index contributed by atoms with van der Waals surface area (Å²) in [6.07, 6.45) is 8.19. The predicted molar refractivity (Wildman–Crippen MR) is 194 cm³/mol. The third kappa shape index (κ3) is 6.00. The van der Waals surface area contributed by atoms with Gasteiger partial charge in [-0.15, -0.1) is 5.10 Å². The maximum absolute atomic E-state index is 10.1. The van der Waals surface area contributed by atoms with Crippen LogP contribution in [0.2, 0.25) is 5.15 Å². The lowest BCUT2D eigenvalue weighted by atomic mass is 9.67. The largest absolute Gasteiger partial charge is 0.390 e. The van der Waals surface area contributed by atoms with Crippen LogP contribution in [0.25, 0.3) is 0 Å². The van der Waals surface area contributed by atoms with Crippen molar-refractivity contribution in [3.05, 3.63) is 166 Å². The molecule has 1 aliphatic carbocycles. The third-order valence-electron chi connectivity index (χ3n) is 10.4. The van der Waals surface area contributed by atoms with Crippen LogP contribution in [0.4, 0.5) is 0 Å². The zero-order valence-corrected chi connectivity index (χ0v) is 28.8. The van der Waals surface area contributed by atoms with Gasteiger partial charge in [-0.2, -0.15) is 0 Å². The molecule has 7 rings (SSSR count). The van der Waals surface area contributed by atoms with Gasteiger partial charge in [0.05, 0.1) is 17.7 Å². The van der Waals surface area contributed by atoms with Crippen molar-refractivity contribution in [1.29, 1.82) is 0 Å². The second kappa shape index (κ2) is 14.5. The maximum Gasteiger partial charge on any atom is 0.163 e. The molecule has 1 N–H and O–H groups in total. The Morgan fingerprint density at radius 2 is 1.35 bits per heavy atom. The molecule has 0 bridgehead atoms. The number of tetrazole rings is 1. The monoisotopic (exact) mass is 670 g/mol. The Labute approximate surface area is 293 Å². The predicted octanol–water partition coefficient (Wildman–Crippen LogP) is 8.50. The molecular weight excluding hydrogens is 628 g/mol. The Kier molecular flexibility index (Phi) is 9.74. The van der Waals surface area contributed by atoms with E-state index in [1.165, 1.54) is 12.0 Å². The molecule has 1 fully saturated rings. The molecule has 0 atom stereocenters. The van der Waals surface area contributed by atoms with Crippen molar-refractivity contribution >= 4 is 11.6 Å². The highest BCUT2D eigenvalue weighted by Gasteiger charge is 2.48. The lowest BCUT2D eigenvalue weighted by Crippen LogP contribution is -2.44. The lowest BCUT2D eigenvalue weighted by Gasteiger charge is -2.42. The summed E-state index contributed by atoms with van der Waals surface area (Å²) in [5, 5.41) is 24.8. The van der Waals surface area contributed by atoms with Crippen LogP contribution in [0, 0.1) is 0 Å². The molecule has 4 aromatic carbocycles. The molecule has 1 saturated carbocycles. The molecule has 0 amide bonds. The Hall–Kier alpha value is -4.59. The van der Waals surface area contributed by atoms with E-state index < -0.39 is 5.54 Å². The Balaban J connectivity index is 1.37. The van der Waals surface area contributed by atoms with Crippen LogP contribution in [0.3, 0.4) is 0 Å². The number of hydrogen-bond donors (Lipinski definition) is 1. The first kappa shape index (κ1) is 32.9. The summed E-state index contributed by atoms with van der Waals surface area (Å²) in [6, 6.07) is 40.8. The molecule has 0 saturated heterocycles. The van der Waals surface area contributed by atoms with Crippen molar-refractivity contribution in [1.82, 2.24) is 29.8 Å². The van der Waals surface area contributed by atoms with E-state index in [9.17, 15) is 5.11 Å². The zero-order chi connectivity index (χ0) is 33.7. The van der Waals surface area contributed by atoms with E-state index >= 15 is 0 Å². The maximum atomic E-state index is 10.1. The molecule has 7 nitrogen and oxygen atoms in total. The van der Waals surface area contributed by atoms with Crippen molar-refractivity contribution in [2.45, 2.75) is 82.4 Å². The summed E-state index contributed by atoms with van der Waals surface area (Å²) in [5.74, 6) is 1.80. The van der Waals surface area contributed by atoms with E-state index in [1.807, 2.05) is 0 Å². The molecule has 6 aromatic rings. The molecule has 2 aromatic heterocycles. The minimum Gasteiger partial charge on any atom is -0.390 e. The number of unbranched alkanes of at least 4 members (excludes halogenated alkanes) is 1. The number of hydrogen-bond acceptors (Lipinski definition) is 5. The average molecular weight is 671 g/mol. The number of imidazole rings is 1. The fourth-order valence-electron chi connectivity index (χ4n) is 7.89. The van der Waals surface area contributed by atoms with Crippen LogP contribution in [0.15, 0.2) is 115 Å². The van der Waals surface area contributed by atoms with Gasteiger partial charge >= 0.3 is 0 Å². The summed E-state index contributed by atoms with van der Waals surface area (Å²) < 4.78 is 4.20. The van der Waals surface area contributed by atoms with Gasteiger partial charge in [-0.05, 0) is 57.5 Å². The van der Waals surface area contributed by atoms with Crippen molar-refractivity contribution < 1.29 is 5.11 Å². The van der Waals surface area contributed by atoms with Gasteiger partial charge in [-0.3, -0.25) is 0 Å². The normalized spacial score (nSPS) is 14.6. The van der Waals surface area contributed by atoms with Crippen molar-refractivity contribution in [3.63, 3.8) is 0 Å². The number of halogens is 1. The molecule has 8 heteroatoms. The highest BCUT2D eigenvalue weighted by Crippen LogP contribution is 2.48. The topological polar surface area (TPSA) is 81.7 Å². The fraction of sp³-hybridized carbons (Fsp3) is 0.317. The molecule has 0 spiro atoms. The molecule has 2 heterocycles. The van der Waals surface area contributed by atoms with E-state index in [2.05, 4.69) is 142 Å². The summed E-state index contributed by atoms with van der Waals surface area (Å²) >= 11 is 6.47. The van der Waals surface area contributed by atoms with Crippen LogP contribution >= 0.6 is 11.6 Å². The van der Waals surface area contributed by atoms with Crippen LogP contribution in [0.5, 0.6) is 0 Å². The molecule has 0 aliphatic heterocycles. The molecule has 49 heavy (non-hydrogen) atoms. The van der Waals surface area contributed by atoms with Crippen LogP contribution < -0.4 is 0 Å². The minimum absolute atomic E-state index is 0.145. The second-order valence-electron chi connectivity index (χ2n) is 13.2. The van der Waals surface area contributed by atoms with Gasteiger partial charge < -0.3 is 9.67 Å². The van der Waals surface area contributed by atoms with Gasteiger partial charge in [-0.25, -0.2) is 9.67 Å². The molecule has 0 unspecified atom stereocenters. The standard InChI is InChI=1S/C41H43ClN6O/c1-2-3-22-37-43-38(42)36(30-49)47(37)29-31-23-25-32(26-24-31)40(27-14-7-15-28-40)39-44-45-46-48(39)41(33-16-8-4-9-17-33,34-18-10-5-11-19-34)35-20-12-6-13-21-35/h4-6,8-13,16-21,23-26,49H,2-3,7,14-15,22,27-30H2,1H3. The Morgan fingerprint density at radius 3 is 1.88 bits per heavy atom. The van der Waals surface area contributed by atoms with Gasteiger partial charge in [-0.1, -0.05) is 159 Å². The van der Waals surface area contributed by atoms with E-state index in [0.29, 0.717) is 17.4 Å².